The van der Waals surface area contributed by atoms with Crippen LogP contribution in [0, 0.1) is 0 Å². The van der Waals surface area contributed by atoms with E-state index < -0.39 is 0 Å². The lowest BCUT2D eigenvalue weighted by Crippen LogP contribution is -2.28. The van der Waals surface area contributed by atoms with Crippen LogP contribution in [-0.2, 0) is 6.54 Å². The normalized spacial score (nSPS) is 14.5. The van der Waals surface area contributed by atoms with Crippen LogP contribution in [0.5, 0.6) is 0 Å². The van der Waals surface area contributed by atoms with Crippen molar-refractivity contribution in [2.24, 2.45) is 0 Å². The minimum Gasteiger partial charge on any atom is -0.329 e. The molecule has 1 aliphatic rings. The van der Waals surface area contributed by atoms with E-state index in [1.165, 1.54) is 18.7 Å². The molecule has 4 nitrogen and oxygen atoms in total. The van der Waals surface area contributed by atoms with Crippen LogP contribution in [0.3, 0.4) is 0 Å². The monoisotopic (exact) mass is 350 g/mol. The first-order valence-electron chi connectivity index (χ1n) is 6.55. The lowest BCUT2D eigenvalue weighted by atomic mass is 9.97. The lowest BCUT2D eigenvalue weighted by Gasteiger charge is -2.23. The van der Waals surface area contributed by atoms with Gasteiger partial charge in [0.1, 0.15) is 5.82 Å². The van der Waals surface area contributed by atoms with E-state index in [-0.39, 0.29) is 37.2 Å². The van der Waals surface area contributed by atoms with Gasteiger partial charge in [0.25, 0.3) is 0 Å². The molecule has 0 atom stereocenters. The Bertz CT molecular complexity index is 498. The van der Waals surface area contributed by atoms with E-state index in [9.17, 15) is 0 Å². The molecule has 0 radical (unpaired) electrons. The number of halogens is 3. The molecular weight excluding hydrogens is 331 g/mol. The molecule has 2 aromatic rings. The van der Waals surface area contributed by atoms with Crippen LogP contribution in [-0.4, -0.2) is 27.6 Å². The second kappa shape index (κ2) is 10.0. The quantitative estimate of drug-likeness (QED) is 0.924. The van der Waals surface area contributed by atoms with Gasteiger partial charge in [0.05, 0.1) is 12.2 Å². The van der Waals surface area contributed by atoms with E-state index in [2.05, 4.69) is 32.1 Å². The third kappa shape index (κ3) is 5.15. The number of nitrogens with one attached hydrogen (secondary N) is 1. The maximum Gasteiger partial charge on any atom is 0.112 e. The molecule has 1 aliphatic heterocycles. The van der Waals surface area contributed by atoms with Crippen molar-refractivity contribution >= 4 is 37.2 Å². The summed E-state index contributed by atoms with van der Waals surface area (Å²) in [6.45, 7) is 3.02. The Morgan fingerprint density at radius 3 is 2.48 bits per heavy atom. The summed E-state index contributed by atoms with van der Waals surface area (Å²) in [6, 6.07) is 6.04. The first-order chi connectivity index (χ1) is 8.93. The Morgan fingerprint density at radius 2 is 1.81 bits per heavy atom. The maximum atomic E-state index is 4.54. The number of pyridine rings is 1. The first-order valence-corrected chi connectivity index (χ1v) is 6.55. The third-order valence-corrected chi connectivity index (χ3v) is 3.51. The second-order valence-corrected chi connectivity index (χ2v) is 4.76. The molecule has 1 N–H and O–H groups in total. The van der Waals surface area contributed by atoms with Crippen molar-refractivity contribution in [2.75, 3.05) is 13.1 Å². The number of hydrogen-bond acceptors (Lipinski definition) is 3. The van der Waals surface area contributed by atoms with Crippen LogP contribution in [0.2, 0.25) is 0 Å². The molecule has 7 heteroatoms. The van der Waals surface area contributed by atoms with Crippen molar-refractivity contribution in [3.63, 3.8) is 0 Å². The summed E-state index contributed by atoms with van der Waals surface area (Å²) in [6.07, 6.45) is 8.17. The number of nitrogens with zero attached hydrogens (tertiary/aromatic N) is 3. The van der Waals surface area contributed by atoms with Gasteiger partial charge in [-0.2, -0.15) is 0 Å². The van der Waals surface area contributed by atoms with Gasteiger partial charge in [-0.1, -0.05) is 6.07 Å². The van der Waals surface area contributed by atoms with Crippen molar-refractivity contribution in [1.29, 1.82) is 0 Å². The number of rotatable bonds is 3. The van der Waals surface area contributed by atoms with Crippen LogP contribution in [0.1, 0.15) is 30.3 Å². The molecule has 0 aliphatic carbocycles. The fourth-order valence-corrected chi connectivity index (χ4v) is 2.56. The topological polar surface area (TPSA) is 42.7 Å². The minimum absolute atomic E-state index is 0. The van der Waals surface area contributed by atoms with Gasteiger partial charge in [0.15, 0.2) is 0 Å². The Kier molecular flexibility index (Phi) is 9.62. The number of imidazole rings is 1. The van der Waals surface area contributed by atoms with Crippen LogP contribution in [0.4, 0.5) is 0 Å². The summed E-state index contributed by atoms with van der Waals surface area (Å²) >= 11 is 0. The fraction of sp³-hybridized carbons (Fsp3) is 0.429. The van der Waals surface area contributed by atoms with E-state index >= 15 is 0 Å². The molecule has 0 aromatic carbocycles. The first kappa shape index (κ1) is 20.2. The highest BCUT2D eigenvalue weighted by Gasteiger charge is 2.19. The van der Waals surface area contributed by atoms with Crippen LogP contribution in [0.15, 0.2) is 36.8 Å². The Labute approximate surface area is 144 Å². The average molecular weight is 352 g/mol. The van der Waals surface area contributed by atoms with Gasteiger partial charge in [-0.15, -0.1) is 37.2 Å². The van der Waals surface area contributed by atoms with Crippen molar-refractivity contribution in [2.45, 2.75) is 25.3 Å². The second-order valence-electron chi connectivity index (χ2n) is 4.76. The number of hydrogen-bond donors (Lipinski definition) is 1. The van der Waals surface area contributed by atoms with Gasteiger partial charge >= 0.3 is 0 Å². The molecule has 1 fully saturated rings. The molecule has 3 rings (SSSR count). The van der Waals surface area contributed by atoms with Crippen molar-refractivity contribution in [3.05, 3.63) is 48.3 Å². The molecule has 3 heterocycles. The molecule has 0 amide bonds. The third-order valence-electron chi connectivity index (χ3n) is 3.51. The summed E-state index contributed by atoms with van der Waals surface area (Å²) in [5.74, 6) is 1.80. The van der Waals surface area contributed by atoms with E-state index in [4.69, 9.17) is 0 Å². The van der Waals surface area contributed by atoms with Gasteiger partial charge in [-0.05, 0) is 38.1 Å². The minimum atomic E-state index is 0. The van der Waals surface area contributed by atoms with Crippen molar-refractivity contribution in [3.8, 4) is 0 Å². The van der Waals surface area contributed by atoms with Crippen molar-refractivity contribution in [1.82, 2.24) is 19.9 Å². The molecule has 0 unspecified atom stereocenters. The van der Waals surface area contributed by atoms with Crippen LogP contribution < -0.4 is 5.32 Å². The van der Waals surface area contributed by atoms with E-state index in [0.29, 0.717) is 5.92 Å². The van der Waals surface area contributed by atoms with Crippen LogP contribution >= 0.6 is 37.2 Å². The van der Waals surface area contributed by atoms with E-state index in [1.807, 2.05) is 24.5 Å². The van der Waals surface area contributed by atoms with Gasteiger partial charge in [0.2, 0.25) is 0 Å². The summed E-state index contributed by atoms with van der Waals surface area (Å²) < 4.78 is 2.23. The molecule has 2 aromatic heterocycles. The summed E-state index contributed by atoms with van der Waals surface area (Å²) in [5.41, 5.74) is 1.09. The Hall–Kier alpha value is -0.810. The summed E-state index contributed by atoms with van der Waals surface area (Å²) in [7, 11) is 0. The highest BCUT2D eigenvalue weighted by molar-refractivity contribution is 5.86. The summed E-state index contributed by atoms with van der Waals surface area (Å²) in [4.78, 5) is 8.92. The zero-order valence-electron chi connectivity index (χ0n) is 11.6. The smallest absolute Gasteiger partial charge is 0.112 e. The van der Waals surface area contributed by atoms with Crippen molar-refractivity contribution < 1.29 is 0 Å². The zero-order valence-corrected chi connectivity index (χ0v) is 14.1. The van der Waals surface area contributed by atoms with Crippen LogP contribution in [0.25, 0.3) is 0 Å². The predicted octanol–water partition coefficient (Wildman–Crippen LogP) is 3.06. The highest BCUT2D eigenvalue weighted by atomic mass is 35.5. The molecule has 0 saturated carbocycles. The molecule has 21 heavy (non-hydrogen) atoms. The van der Waals surface area contributed by atoms with Gasteiger partial charge in [-0.3, -0.25) is 4.98 Å². The highest BCUT2D eigenvalue weighted by Crippen LogP contribution is 2.23. The standard InChI is InChI=1S/C14H18N4.3ClH/c1-2-6-16-13(3-1)11-18-10-9-17-14(18)12-4-7-15-8-5-12;;;/h1-3,6,9-10,12,15H,4-5,7-8,11H2;3*1H. The average Bonchev–Trinajstić information content (AvgIpc) is 2.89. The maximum absolute atomic E-state index is 4.54. The zero-order chi connectivity index (χ0) is 12.2. The lowest BCUT2D eigenvalue weighted by molar-refractivity contribution is 0.433. The van der Waals surface area contributed by atoms with Gasteiger partial charge in [0, 0.05) is 24.5 Å². The molecule has 0 spiro atoms. The predicted molar refractivity (Wildman–Crippen MR) is 92.2 cm³/mol. The van der Waals surface area contributed by atoms with E-state index in [0.717, 1.165) is 25.3 Å². The molecule has 0 bridgehead atoms. The van der Waals surface area contributed by atoms with E-state index in [1.54, 1.807) is 0 Å². The fourth-order valence-electron chi connectivity index (χ4n) is 2.56. The van der Waals surface area contributed by atoms with Gasteiger partial charge < -0.3 is 9.88 Å². The molecule has 118 valence electrons. The molecular formula is C14H21Cl3N4. The van der Waals surface area contributed by atoms with Gasteiger partial charge in [-0.25, -0.2) is 4.98 Å². The Morgan fingerprint density at radius 1 is 1.05 bits per heavy atom. The number of aromatic nitrogens is 3. The Balaban J connectivity index is 0.00000133. The molecule has 1 saturated heterocycles. The summed E-state index contributed by atoms with van der Waals surface area (Å²) in [5, 5.41) is 3.40. The largest absolute Gasteiger partial charge is 0.329 e. The number of piperidine rings is 1. The SMILES string of the molecule is Cl.Cl.Cl.c1ccc(Cn2ccnc2C2CCNCC2)nc1.